The number of rotatable bonds is 3. The minimum Gasteiger partial charge on any atom is -0.387 e. The first-order valence-electron chi connectivity index (χ1n) is 5.94. The summed E-state index contributed by atoms with van der Waals surface area (Å²) in [7, 11) is 0. The van der Waals surface area contributed by atoms with Crippen LogP contribution in [0, 0.1) is 0 Å². The highest BCUT2D eigenvalue weighted by Crippen LogP contribution is 2.22. The lowest BCUT2D eigenvalue weighted by atomic mass is 10.2. The molecule has 2 fully saturated rings. The van der Waals surface area contributed by atoms with Crippen LogP contribution >= 0.6 is 0 Å². The summed E-state index contributed by atoms with van der Waals surface area (Å²) in [5.41, 5.74) is 5.68. The third kappa shape index (κ3) is 2.69. The molecule has 2 atom stereocenters. The molecule has 2 aliphatic rings. The number of morpholine rings is 1. The highest BCUT2D eigenvalue weighted by Gasteiger charge is 2.31. The van der Waals surface area contributed by atoms with Crippen LogP contribution < -0.4 is 5.73 Å². The van der Waals surface area contributed by atoms with Gasteiger partial charge in [0.05, 0.1) is 25.1 Å². The first kappa shape index (κ1) is 10.9. The topological polar surface area (TPSA) is 50.8 Å². The SMILES string of the molecule is CCC(N)=NCC1CN2CCCC2CO1. The molecule has 2 N–H and O–H groups in total. The van der Waals surface area contributed by atoms with Gasteiger partial charge >= 0.3 is 0 Å². The van der Waals surface area contributed by atoms with Crippen molar-refractivity contribution < 1.29 is 4.74 Å². The van der Waals surface area contributed by atoms with E-state index in [0.717, 1.165) is 32.0 Å². The second kappa shape index (κ2) is 4.94. The molecular weight excluding hydrogens is 190 g/mol. The molecule has 0 spiro atoms. The lowest BCUT2D eigenvalue weighted by molar-refractivity contribution is -0.0431. The zero-order valence-electron chi connectivity index (χ0n) is 9.48. The molecule has 2 saturated heterocycles. The molecule has 0 aromatic rings. The van der Waals surface area contributed by atoms with E-state index in [2.05, 4.69) is 9.89 Å². The minimum absolute atomic E-state index is 0.254. The molecule has 2 unspecified atom stereocenters. The van der Waals surface area contributed by atoms with Gasteiger partial charge in [-0.25, -0.2) is 0 Å². The van der Waals surface area contributed by atoms with Gasteiger partial charge in [-0.05, 0) is 19.4 Å². The van der Waals surface area contributed by atoms with E-state index in [1.807, 2.05) is 6.92 Å². The standard InChI is InChI=1S/C11H21N3O/c1-2-11(12)13-6-10-7-14-5-3-4-9(14)8-15-10/h9-10H,2-8H2,1H3,(H2,12,13). The lowest BCUT2D eigenvalue weighted by Gasteiger charge is -2.34. The number of nitrogens with two attached hydrogens (primary N) is 1. The van der Waals surface area contributed by atoms with E-state index in [0.29, 0.717) is 6.04 Å². The van der Waals surface area contributed by atoms with E-state index in [1.165, 1.54) is 19.4 Å². The van der Waals surface area contributed by atoms with Gasteiger partial charge in [0.2, 0.25) is 0 Å². The predicted molar refractivity (Wildman–Crippen MR) is 61.1 cm³/mol. The van der Waals surface area contributed by atoms with Gasteiger partial charge in [0.25, 0.3) is 0 Å². The lowest BCUT2D eigenvalue weighted by Crippen LogP contribution is -2.47. The zero-order chi connectivity index (χ0) is 10.7. The molecule has 86 valence electrons. The maximum absolute atomic E-state index is 5.78. The smallest absolute Gasteiger partial charge is 0.0935 e. The molecule has 4 heteroatoms. The highest BCUT2D eigenvalue weighted by atomic mass is 16.5. The van der Waals surface area contributed by atoms with Crippen LogP contribution in [0.3, 0.4) is 0 Å². The molecule has 2 heterocycles. The van der Waals surface area contributed by atoms with Crippen LogP contribution in [-0.2, 0) is 4.74 Å². The highest BCUT2D eigenvalue weighted by molar-refractivity contribution is 5.79. The maximum Gasteiger partial charge on any atom is 0.0935 e. The number of aliphatic imine (C=N–C) groups is 1. The van der Waals surface area contributed by atoms with Crippen LogP contribution in [0.4, 0.5) is 0 Å². The Kier molecular flexibility index (Phi) is 3.59. The molecule has 15 heavy (non-hydrogen) atoms. The molecule has 0 aliphatic carbocycles. The first-order chi connectivity index (χ1) is 7.29. The first-order valence-corrected chi connectivity index (χ1v) is 5.94. The summed E-state index contributed by atoms with van der Waals surface area (Å²) in [4.78, 5) is 6.86. The Morgan fingerprint density at radius 3 is 3.27 bits per heavy atom. The summed E-state index contributed by atoms with van der Waals surface area (Å²) >= 11 is 0. The summed E-state index contributed by atoms with van der Waals surface area (Å²) in [6, 6.07) is 0.675. The predicted octanol–water partition coefficient (Wildman–Crippen LogP) is 0.617. The number of amidine groups is 1. The molecule has 0 saturated carbocycles. The van der Waals surface area contributed by atoms with E-state index in [1.54, 1.807) is 0 Å². The minimum atomic E-state index is 0.254. The Morgan fingerprint density at radius 2 is 2.47 bits per heavy atom. The van der Waals surface area contributed by atoms with Gasteiger partial charge in [-0.15, -0.1) is 0 Å². The van der Waals surface area contributed by atoms with Gasteiger partial charge in [-0.1, -0.05) is 6.92 Å². The Labute approximate surface area is 91.5 Å². The molecule has 4 nitrogen and oxygen atoms in total. The molecule has 0 radical (unpaired) electrons. The van der Waals surface area contributed by atoms with Crippen LogP contribution in [0.1, 0.15) is 26.2 Å². The zero-order valence-corrected chi connectivity index (χ0v) is 9.48. The van der Waals surface area contributed by atoms with Crippen LogP contribution in [0.2, 0.25) is 0 Å². The summed E-state index contributed by atoms with van der Waals surface area (Å²) in [6.45, 7) is 5.90. The van der Waals surface area contributed by atoms with Gasteiger partial charge in [-0.2, -0.15) is 0 Å². The summed E-state index contributed by atoms with van der Waals surface area (Å²) in [5, 5.41) is 0. The monoisotopic (exact) mass is 211 g/mol. The van der Waals surface area contributed by atoms with E-state index >= 15 is 0 Å². The Balaban J connectivity index is 1.80. The number of nitrogens with zero attached hydrogens (tertiary/aromatic N) is 2. The Morgan fingerprint density at radius 1 is 1.60 bits per heavy atom. The fraction of sp³-hybridized carbons (Fsp3) is 0.909. The summed E-state index contributed by atoms with van der Waals surface area (Å²) < 4.78 is 5.78. The fourth-order valence-corrected chi connectivity index (χ4v) is 2.33. The number of fused-ring (bicyclic) bond motifs is 1. The van der Waals surface area contributed by atoms with Crippen molar-refractivity contribution in [1.29, 1.82) is 0 Å². The van der Waals surface area contributed by atoms with Crippen molar-refractivity contribution in [2.24, 2.45) is 10.7 Å². The third-order valence-electron chi connectivity index (χ3n) is 3.32. The van der Waals surface area contributed by atoms with E-state index in [9.17, 15) is 0 Å². The van der Waals surface area contributed by atoms with Crippen molar-refractivity contribution in [3.63, 3.8) is 0 Å². The normalized spacial score (nSPS) is 33.0. The van der Waals surface area contributed by atoms with Crippen LogP contribution in [0.25, 0.3) is 0 Å². The van der Waals surface area contributed by atoms with Crippen molar-refractivity contribution in [3.8, 4) is 0 Å². The maximum atomic E-state index is 5.78. The van der Waals surface area contributed by atoms with Crippen molar-refractivity contribution >= 4 is 5.84 Å². The number of ether oxygens (including phenoxy) is 1. The fourth-order valence-electron chi connectivity index (χ4n) is 2.33. The molecule has 0 aromatic heterocycles. The second-order valence-electron chi connectivity index (χ2n) is 4.43. The largest absolute Gasteiger partial charge is 0.387 e. The van der Waals surface area contributed by atoms with Gasteiger partial charge in [0, 0.05) is 19.0 Å². The van der Waals surface area contributed by atoms with Gasteiger partial charge in [-0.3, -0.25) is 9.89 Å². The van der Waals surface area contributed by atoms with Crippen LogP contribution in [-0.4, -0.2) is 49.1 Å². The molecule has 0 aromatic carbocycles. The van der Waals surface area contributed by atoms with E-state index in [-0.39, 0.29) is 6.10 Å². The molecular formula is C11H21N3O. The van der Waals surface area contributed by atoms with E-state index in [4.69, 9.17) is 10.5 Å². The average Bonchev–Trinajstić information content (AvgIpc) is 2.72. The van der Waals surface area contributed by atoms with Crippen molar-refractivity contribution in [1.82, 2.24) is 4.90 Å². The van der Waals surface area contributed by atoms with Gasteiger partial charge < -0.3 is 10.5 Å². The summed E-state index contributed by atoms with van der Waals surface area (Å²) in [5.74, 6) is 0.738. The van der Waals surface area contributed by atoms with Gasteiger partial charge in [0.1, 0.15) is 0 Å². The van der Waals surface area contributed by atoms with Crippen LogP contribution in [0.5, 0.6) is 0 Å². The number of hydrogen-bond donors (Lipinski definition) is 1. The second-order valence-corrected chi connectivity index (χ2v) is 4.43. The average molecular weight is 211 g/mol. The molecule has 0 amide bonds. The Bertz CT molecular complexity index is 242. The van der Waals surface area contributed by atoms with Crippen molar-refractivity contribution in [3.05, 3.63) is 0 Å². The summed E-state index contributed by atoms with van der Waals surface area (Å²) in [6.07, 6.45) is 3.71. The molecule has 2 aliphatic heterocycles. The van der Waals surface area contributed by atoms with Gasteiger partial charge in [0.15, 0.2) is 0 Å². The van der Waals surface area contributed by atoms with Crippen molar-refractivity contribution in [2.75, 3.05) is 26.2 Å². The third-order valence-corrected chi connectivity index (χ3v) is 3.32. The van der Waals surface area contributed by atoms with Crippen LogP contribution in [0.15, 0.2) is 4.99 Å². The van der Waals surface area contributed by atoms with Crippen molar-refractivity contribution in [2.45, 2.75) is 38.3 Å². The van der Waals surface area contributed by atoms with E-state index < -0.39 is 0 Å². The quantitative estimate of drug-likeness (QED) is 0.550. The molecule has 2 rings (SSSR count). The number of hydrogen-bond acceptors (Lipinski definition) is 3. The molecule has 0 bridgehead atoms. The Hall–Kier alpha value is -0.610.